The predicted molar refractivity (Wildman–Crippen MR) is 61.7 cm³/mol. The highest BCUT2D eigenvalue weighted by Crippen LogP contribution is 2.21. The summed E-state index contributed by atoms with van der Waals surface area (Å²) in [5.41, 5.74) is 2.92. The van der Waals surface area contributed by atoms with Crippen LogP contribution in [0, 0.1) is 11.8 Å². The minimum absolute atomic E-state index is 0.596. The van der Waals surface area contributed by atoms with Crippen LogP contribution in [0.3, 0.4) is 0 Å². The Balaban J connectivity index is 4.88. The molecule has 0 heteroatoms. The molecule has 0 heterocycles. The molecule has 0 bridgehead atoms. The summed E-state index contributed by atoms with van der Waals surface area (Å²) in [6.07, 6.45) is 6.02. The summed E-state index contributed by atoms with van der Waals surface area (Å²) in [6, 6.07) is 0. The maximum Gasteiger partial charge on any atom is -0.0219 e. The standard InChI is InChI=1S/C13H22/c1-7-8-9-13(11(4)5)12(6)10(2)3/h7-11H,1H2,2-6H3/b9-8-,13-12-. The molecular formula is C13H22. The lowest BCUT2D eigenvalue weighted by atomic mass is 9.91. The first-order valence-electron chi connectivity index (χ1n) is 5.00. The van der Waals surface area contributed by atoms with Gasteiger partial charge in [0.1, 0.15) is 0 Å². The van der Waals surface area contributed by atoms with Gasteiger partial charge >= 0.3 is 0 Å². The molecule has 0 saturated carbocycles. The van der Waals surface area contributed by atoms with Crippen molar-refractivity contribution in [3.8, 4) is 0 Å². The van der Waals surface area contributed by atoms with Crippen LogP contribution >= 0.6 is 0 Å². The fourth-order valence-electron chi connectivity index (χ4n) is 1.28. The van der Waals surface area contributed by atoms with Gasteiger partial charge in [-0.25, -0.2) is 0 Å². The summed E-state index contributed by atoms with van der Waals surface area (Å²) >= 11 is 0. The predicted octanol–water partition coefficient (Wildman–Crippen LogP) is 4.36. The van der Waals surface area contributed by atoms with Gasteiger partial charge in [-0.1, -0.05) is 58.1 Å². The lowest BCUT2D eigenvalue weighted by Gasteiger charge is -2.14. The number of rotatable bonds is 4. The lowest BCUT2D eigenvalue weighted by molar-refractivity contribution is 0.706. The van der Waals surface area contributed by atoms with Crippen molar-refractivity contribution in [2.75, 3.05) is 0 Å². The van der Waals surface area contributed by atoms with Gasteiger partial charge in [0.05, 0.1) is 0 Å². The maximum absolute atomic E-state index is 3.69. The number of hydrogen-bond acceptors (Lipinski definition) is 0. The van der Waals surface area contributed by atoms with Crippen molar-refractivity contribution in [1.29, 1.82) is 0 Å². The molecule has 0 spiro atoms. The highest BCUT2D eigenvalue weighted by molar-refractivity contribution is 5.29. The van der Waals surface area contributed by atoms with Gasteiger partial charge in [-0.2, -0.15) is 0 Å². The second kappa shape index (κ2) is 5.80. The van der Waals surface area contributed by atoms with Gasteiger partial charge in [-0.05, 0) is 24.3 Å². The van der Waals surface area contributed by atoms with Crippen LogP contribution in [0.15, 0.2) is 36.0 Å². The van der Waals surface area contributed by atoms with Crippen LogP contribution in [0.25, 0.3) is 0 Å². The first-order valence-corrected chi connectivity index (χ1v) is 5.00. The van der Waals surface area contributed by atoms with Crippen LogP contribution in [-0.2, 0) is 0 Å². The molecule has 0 aliphatic rings. The normalized spacial score (nSPS) is 14.1. The third-order valence-corrected chi connectivity index (χ3v) is 2.36. The molecule has 0 aliphatic heterocycles. The summed E-state index contributed by atoms with van der Waals surface area (Å²) < 4.78 is 0. The zero-order valence-electron chi connectivity index (χ0n) is 9.59. The van der Waals surface area contributed by atoms with Crippen LogP contribution in [0.4, 0.5) is 0 Å². The molecule has 74 valence electrons. The Morgan fingerprint density at radius 1 is 1.08 bits per heavy atom. The van der Waals surface area contributed by atoms with Crippen LogP contribution in [0.1, 0.15) is 34.6 Å². The van der Waals surface area contributed by atoms with E-state index < -0.39 is 0 Å². The van der Waals surface area contributed by atoms with Crippen molar-refractivity contribution in [2.45, 2.75) is 34.6 Å². The second-order valence-electron chi connectivity index (χ2n) is 4.04. The third kappa shape index (κ3) is 4.12. The van der Waals surface area contributed by atoms with E-state index in [0.717, 1.165) is 0 Å². The minimum Gasteiger partial charge on any atom is -0.0991 e. The van der Waals surface area contributed by atoms with E-state index in [1.54, 1.807) is 0 Å². The van der Waals surface area contributed by atoms with E-state index in [0.29, 0.717) is 11.8 Å². The molecule has 0 aliphatic carbocycles. The van der Waals surface area contributed by atoms with Gasteiger partial charge in [-0.3, -0.25) is 0 Å². The highest BCUT2D eigenvalue weighted by atomic mass is 14.1. The monoisotopic (exact) mass is 178 g/mol. The van der Waals surface area contributed by atoms with Crippen molar-refractivity contribution >= 4 is 0 Å². The van der Waals surface area contributed by atoms with E-state index in [9.17, 15) is 0 Å². The van der Waals surface area contributed by atoms with E-state index in [1.807, 2.05) is 12.2 Å². The second-order valence-corrected chi connectivity index (χ2v) is 4.04. The third-order valence-electron chi connectivity index (χ3n) is 2.36. The molecule has 0 fully saturated rings. The Hall–Kier alpha value is -0.780. The van der Waals surface area contributed by atoms with E-state index in [2.05, 4.69) is 47.3 Å². The van der Waals surface area contributed by atoms with Crippen LogP contribution < -0.4 is 0 Å². The molecule has 0 unspecified atom stereocenters. The molecule has 0 atom stereocenters. The van der Waals surface area contributed by atoms with Crippen molar-refractivity contribution < 1.29 is 0 Å². The smallest absolute Gasteiger partial charge is 0.0219 e. The van der Waals surface area contributed by atoms with E-state index >= 15 is 0 Å². The molecule has 0 aromatic heterocycles. The minimum atomic E-state index is 0.596. The van der Waals surface area contributed by atoms with Gasteiger partial charge in [0.25, 0.3) is 0 Å². The van der Waals surface area contributed by atoms with Gasteiger partial charge in [0.15, 0.2) is 0 Å². The molecule has 0 nitrogen and oxygen atoms in total. The largest absolute Gasteiger partial charge is 0.0991 e. The van der Waals surface area contributed by atoms with E-state index in [-0.39, 0.29) is 0 Å². The molecule has 13 heavy (non-hydrogen) atoms. The Labute approximate surface area is 83.0 Å². The topological polar surface area (TPSA) is 0 Å². The van der Waals surface area contributed by atoms with Crippen molar-refractivity contribution in [3.63, 3.8) is 0 Å². The Kier molecular flexibility index (Phi) is 5.45. The van der Waals surface area contributed by atoms with E-state index in [1.165, 1.54) is 11.1 Å². The fourth-order valence-corrected chi connectivity index (χ4v) is 1.28. The molecule has 0 radical (unpaired) electrons. The summed E-state index contributed by atoms with van der Waals surface area (Å²) in [5, 5.41) is 0. The zero-order chi connectivity index (χ0) is 10.4. The first-order chi connectivity index (χ1) is 6.00. The Bertz CT molecular complexity index is 214. The molecule has 0 amide bonds. The van der Waals surface area contributed by atoms with Gasteiger partial charge in [-0.15, -0.1) is 0 Å². The lowest BCUT2D eigenvalue weighted by Crippen LogP contribution is -2.00. The van der Waals surface area contributed by atoms with Crippen LogP contribution in [-0.4, -0.2) is 0 Å². The van der Waals surface area contributed by atoms with Crippen molar-refractivity contribution in [1.82, 2.24) is 0 Å². The van der Waals surface area contributed by atoms with Gasteiger partial charge in [0, 0.05) is 0 Å². The average molecular weight is 178 g/mol. The molecule has 0 aromatic carbocycles. The summed E-state index contributed by atoms with van der Waals surface area (Å²) in [6.45, 7) is 14.8. The summed E-state index contributed by atoms with van der Waals surface area (Å²) in [4.78, 5) is 0. The van der Waals surface area contributed by atoms with Crippen LogP contribution in [0.2, 0.25) is 0 Å². The molecule has 0 N–H and O–H groups in total. The number of hydrogen-bond donors (Lipinski definition) is 0. The van der Waals surface area contributed by atoms with Crippen molar-refractivity contribution in [3.05, 3.63) is 36.0 Å². The molecular weight excluding hydrogens is 156 g/mol. The van der Waals surface area contributed by atoms with Gasteiger partial charge < -0.3 is 0 Å². The Morgan fingerprint density at radius 3 is 1.92 bits per heavy atom. The summed E-state index contributed by atoms with van der Waals surface area (Å²) in [5.74, 6) is 1.23. The average Bonchev–Trinajstić information content (AvgIpc) is 2.04. The van der Waals surface area contributed by atoms with E-state index in [4.69, 9.17) is 0 Å². The summed E-state index contributed by atoms with van der Waals surface area (Å²) in [7, 11) is 0. The molecule has 0 saturated heterocycles. The van der Waals surface area contributed by atoms with Crippen LogP contribution in [0.5, 0.6) is 0 Å². The highest BCUT2D eigenvalue weighted by Gasteiger charge is 2.06. The van der Waals surface area contributed by atoms with Crippen molar-refractivity contribution in [2.24, 2.45) is 11.8 Å². The molecule has 0 aromatic rings. The zero-order valence-corrected chi connectivity index (χ0v) is 9.59. The van der Waals surface area contributed by atoms with Gasteiger partial charge in [0.2, 0.25) is 0 Å². The maximum atomic E-state index is 3.69. The fraction of sp³-hybridized carbons (Fsp3) is 0.538. The quantitative estimate of drug-likeness (QED) is 0.561. The SMILES string of the molecule is C=C/C=C\C(=C(/C)C(C)C)C(C)C. The first kappa shape index (κ1) is 12.2. The Morgan fingerprint density at radius 2 is 1.62 bits per heavy atom. The molecule has 0 rings (SSSR count). The number of allylic oxidation sites excluding steroid dienone is 5.